The molecule has 2 aromatic carbocycles. The van der Waals surface area contributed by atoms with Crippen molar-refractivity contribution in [2.75, 3.05) is 24.2 Å². The summed E-state index contributed by atoms with van der Waals surface area (Å²) in [4.78, 5) is 23.6. The van der Waals surface area contributed by atoms with Crippen LogP contribution in [0.4, 0.5) is 15.8 Å². The lowest BCUT2D eigenvalue weighted by molar-refractivity contribution is -0.114. The van der Waals surface area contributed by atoms with Crippen LogP contribution in [-0.4, -0.2) is 25.4 Å². The molecule has 0 bridgehead atoms. The van der Waals surface area contributed by atoms with Gasteiger partial charge in [-0.05, 0) is 36.4 Å². The van der Waals surface area contributed by atoms with Crippen LogP contribution in [0.2, 0.25) is 10.0 Å². The number of anilines is 2. The topological polar surface area (TPSA) is 70.2 Å². The van der Waals surface area contributed by atoms with E-state index in [9.17, 15) is 14.0 Å². The van der Waals surface area contributed by atoms with Crippen LogP contribution >= 0.6 is 23.2 Å². The Bertz CT molecular complexity index is 784. The van der Waals surface area contributed by atoms with Crippen LogP contribution in [0.3, 0.4) is 0 Å². The molecule has 0 fully saturated rings. The first kappa shape index (κ1) is 18.0. The lowest BCUT2D eigenvalue weighted by atomic mass is 10.2. The molecule has 2 aromatic rings. The highest BCUT2D eigenvalue weighted by atomic mass is 35.5. The van der Waals surface area contributed by atoms with Crippen LogP contribution in [0, 0.1) is 5.82 Å². The summed E-state index contributed by atoms with van der Waals surface area (Å²) in [7, 11) is 1.52. The third-order valence-electron chi connectivity index (χ3n) is 3.10. The van der Waals surface area contributed by atoms with E-state index in [-0.39, 0.29) is 17.5 Å². The van der Waals surface area contributed by atoms with Crippen LogP contribution in [0.5, 0.6) is 0 Å². The SMILES string of the molecule is CNC(=O)c1ccc(Cl)c(NCC(=O)Nc2ccc(F)cc2Cl)c1. The molecule has 0 radical (unpaired) electrons. The average molecular weight is 370 g/mol. The first-order chi connectivity index (χ1) is 11.4. The number of hydrogen-bond acceptors (Lipinski definition) is 3. The van der Waals surface area contributed by atoms with Crippen LogP contribution in [0.15, 0.2) is 36.4 Å². The van der Waals surface area contributed by atoms with Crippen LogP contribution in [0.25, 0.3) is 0 Å². The van der Waals surface area contributed by atoms with Crippen molar-refractivity contribution in [2.45, 2.75) is 0 Å². The number of benzene rings is 2. The smallest absolute Gasteiger partial charge is 0.251 e. The second-order valence-corrected chi connectivity index (χ2v) is 5.61. The maximum Gasteiger partial charge on any atom is 0.251 e. The van der Waals surface area contributed by atoms with Crippen molar-refractivity contribution in [2.24, 2.45) is 0 Å². The van der Waals surface area contributed by atoms with Gasteiger partial charge in [0.05, 0.1) is 28.0 Å². The Morgan fingerprint density at radius 2 is 1.79 bits per heavy atom. The Kier molecular flexibility index (Phi) is 6.00. The molecule has 2 amide bonds. The molecule has 0 aliphatic heterocycles. The molecule has 0 unspecified atom stereocenters. The fraction of sp³-hybridized carbons (Fsp3) is 0.125. The lowest BCUT2D eigenvalue weighted by Crippen LogP contribution is -2.22. The number of carbonyl (C=O) groups excluding carboxylic acids is 2. The third kappa shape index (κ3) is 4.59. The minimum Gasteiger partial charge on any atom is -0.375 e. The number of halogens is 3. The molecule has 5 nitrogen and oxygen atoms in total. The molecule has 0 spiro atoms. The normalized spacial score (nSPS) is 10.2. The van der Waals surface area contributed by atoms with Crippen molar-refractivity contribution in [1.29, 1.82) is 0 Å². The van der Waals surface area contributed by atoms with E-state index < -0.39 is 11.7 Å². The number of nitrogens with one attached hydrogen (secondary N) is 3. The van der Waals surface area contributed by atoms with Gasteiger partial charge >= 0.3 is 0 Å². The molecule has 0 aliphatic rings. The molecular weight excluding hydrogens is 356 g/mol. The zero-order valence-electron chi connectivity index (χ0n) is 12.6. The van der Waals surface area contributed by atoms with E-state index in [2.05, 4.69) is 16.0 Å². The van der Waals surface area contributed by atoms with Crippen LogP contribution in [0.1, 0.15) is 10.4 Å². The molecule has 0 atom stereocenters. The molecule has 24 heavy (non-hydrogen) atoms. The Morgan fingerprint density at radius 3 is 2.46 bits per heavy atom. The van der Waals surface area contributed by atoms with Gasteiger partial charge in [-0.2, -0.15) is 0 Å². The second kappa shape index (κ2) is 7.99. The minimum absolute atomic E-state index is 0.1000. The number of rotatable bonds is 5. The monoisotopic (exact) mass is 369 g/mol. The first-order valence-electron chi connectivity index (χ1n) is 6.91. The van der Waals surface area contributed by atoms with E-state index in [1.807, 2.05) is 0 Å². The Hall–Kier alpha value is -2.31. The predicted molar refractivity (Wildman–Crippen MR) is 93.4 cm³/mol. The summed E-state index contributed by atoms with van der Waals surface area (Å²) in [5, 5.41) is 8.37. The first-order valence-corrected chi connectivity index (χ1v) is 7.66. The average Bonchev–Trinajstić information content (AvgIpc) is 2.56. The van der Waals surface area contributed by atoms with Gasteiger partial charge in [0.15, 0.2) is 0 Å². The third-order valence-corrected chi connectivity index (χ3v) is 3.74. The molecule has 0 aromatic heterocycles. The standard InChI is InChI=1S/C16H14Cl2FN3O2/c1-20-16(24)9-2-4-11(17)14(6-9)21-8-15(23)22-13-5-3-10(19)7-12(13)18/h2-7,21H,8H2,1H3,(H,20,24)(H,22,23). The maximum atomic E-state index is 13.0. The van der Waals surface area contributed by atoms with Crippen molar-refractivity contribution in [3.05, 3.63) is 57.8 Å². The van der Waals surface area contributed by atoms with Gasteiger partial charge in [0.1, 0.15) is 5.82 Å². The maximum absolute atomic E-state index is 13.0. The highest BCUT2D eigenvalue weighted by Gasteiger charge is 2.10. The number of hydrogen-bond donors (Lipinski definition) is 3. The fourth-order valence-corrected chi connectivity index (χ4v) is 2.31. The minimum atomic E-state index is -0.492. The summed E-state index contributed by atoms with van der Waals surface area (Å²) in [5.41, 5.74) is 1.15. The highest BCUT2D eigenvalue weighted by Crippen LogP contribution is 2.24. The zero-order valence-corrected chi connectivity index (χ0v) is 14.1. The van der Waals surface area contributed by atoms with Gasteiger partial charge in [-0.25, -0.2) is 4.39 Å². The largest absolute Gasteiger partial charge is 0.375 e. The molecule has 126 valence electrons. The summed E-state index contributed by atoms with van der Waals surface area (Å²) in [5.74, 6) is -1.16. The van der Waals surface area contributed by atoms with E-state index in [4.69, 9.17) is 23.2 Å². The molecular formula is C16H14Cl2FN3O2. The molecule has 3 N–H and O–H groups in total. The summed E-state index contributed by atoms with van der Waals surface area (Å²) in [6.07, 6.45) is 0. The number of carbonyl (C=O) groups is 2. The van der Waals surface area contributed by atoms with E-state index in [1.54, 1.807) is 18.2 Å². The van der Waals surface area contributed by atoms with Gasteiger partial charge in [0, 0.05) is 12.6 Å². The Balaban J connectivity index is 2.02. The van der Waals surface area contributed by atoms with E-state index in [0.717, 1.165) is 6.07 Å². The molecule has 2 rings (SSSR count). The summed E-state index contributed by atoms with van der Waals surface area (Å²) in [6.45, 7) is -0.107. The lowest BCUT2D eigenvalue weighted by Gasteiger charge is -2.11. The molecule has 8 heteroatoms. The van der Waals surface area contributed by atoms with Crippen LogP contribution in [-0.2, 0) is 4.79 Å². The zero-order chi connectivity index (χ0) is 17.7. The van der Waals surface area contributed by atoms with Crippen molar-refractivity contribution in [3.8, 4) is 0 Å². The predicted octanol–water partition coefficient (Wildman–Crippen LogP) is 3.54. The Morgan fingerprint density at radius 1 is 1.04 bits per heavy atom. The molecule has 0 heterocycles. The van der Waals surface area contributed by atoms with Gasteiger partial charge in [0.2, 0.25) is 5.91 Å². The van der Waals surface area contributed by atoms with E-state index >= 15 is 0 Å². The van der Waals surface area contributed by atoms with Gasteiger partial charge in [-0.3, -0.25) is 9.59 Å². The van der Waals surface area contributed by atoms with E-state index in [0.29, 0.717) is 22.0 Å². The van der Waals surface area contributed by atoms with Crippen molar-refractivity contribution in [3.63, 3.8) is 0 Å². The van der Waals surface area contributed by atoms with Crippen molar-refractivity contribution < 1.29 is 14.0 Å². The van der Waals surface area contributed by atoms with Crippen molar-refractivity contribution in [1.82, 2.24) is 5.32 Å². The molecule has 0 saturated carbocycles. The summed E-state index contributed by atoms with van der Waals surface area (Å²) in [6, 6.07) is 8.34. The van der Waals surface area contributed by atoms with Crippen molar-refractivity contribution >= 4 is 46.4 Å². The summed E-state index contributed by atoms with van der Waals surface area (Å²) < 4.78 is 13.0. The van der Waals surface area contributed by atoms with Gasteiger partial charge < -0.3 is 16.0 Å². The fourth-order valence-electron chi connectivity index (χ4n) is 1.91. The van der Waals surface area contributed by atoms with Gasteiger partial charge in [0.25, 0.3) is 5.91 Å². The second-order valence-electron chi connectivity index (χ2n) is 4.80. The summed E-state index contributed by atoms with van der Waals surface area (Å²) >= 11 is 11.9. The highest BCUT2D eigenvalue weighted by molar-refractivity contribution is 6.34. The van der Waals surface area contributed by atoms with E-state index in [1.165, 1.54) is 19.2 Å². The molecule has 0 saturated heterocycles. The quantitative estimate of drug-likeness (QED) is 0.754. The molecule has 0 aliphatic carbocycles. The van der Waals surface area contributed by atoms with Crippen LogP contribution < -0.4 is 16.0 Å². The van der Waals surface area contributed by atoms with Gasteiger partial charge in [-0.15, -0.1) is 0 Å². The van der Waals surface area contributed by atoms with Gasteiger partial charge in [-0.1, -0.05) is 23.2 Å². The Labute approximate surface area is 148 Å². The number of amides is 2.